The molecule has 0 aromatic heterocycles. The van der Waals surface area contributed by atoms with E-state index in [1.165, 1.54) is 50.6 Å². The third kappa shape index (κ3) is 5.44. The van der Waals surface area contributed by atoms with Gasteiger partial charge in [0, 0.05) is 17.8 Å². The molecule has 1 N–H and O–H groups in total. The molecule has 0 aliphatic heterocycles. The Bertz CT molecular complexity index is 381. The van der Waals surface area contributed by atoms with E-state index in [9.17, 15) is 0 Å². The zero-order valence-corrected chi connectivity index (χ0v) is 13.0. The minimum absolute atomic E-state index is 0.567. The van der Waals surface area contributed by atoms with Gasteiger partial charge in [0.25, 0.3) is 0 Å². The summed E-state index contributed by atoms with van der Waals surface area (Å²) in [5, 5.41) is 3.70. The summed E-state index contributed by atoms with van der Waals surface area (Å²) < 4.78 is 5.80. The van der Waals surface area contributed by atoms with Crippen LogP contribution in [0.15, 0.2) is 24.3 Å². The first kappa shape index (κ1) is 15.2. The predicted octanol–water partition coefficient (Wildman–Crippen LogP) is 5.25. The van der Waals surface area contributed by atoms with E-state index in [2.05, 4.69) is 37.4 Å². The Morgan fingerprint density at radius 2 is 1.80 bits per heavy atom. The second-order valence-corrected chi connectivity index (χ2v) is 6.42. The van der Waals surface area contributed by atoms with Crippen molar-refractivity contribution in [2.45, 2.75) is 64.8 Å². The fraction of sp³-hybridized carbons (Fsp3) is 0.667. The molecule has 1 fully saturated rings. The van der Waals surface area contributed by atoms with E-state index in [0.717, 1.165) is 12.4 Å². The fourth-order valence-electron chi connectivity index (χ4n) is 2.77. The summed E-state index contributed by atoms with van der Waals surface area (Å²) >= 11 is 0. The quantitative estimate of drug-likeness (QED) is 0.792. The van der Waals surface area contributed by atoms with Crippen molar-refractivity contribution in [1.82, 2.24) is 0 Å². The molecule has 0 bridgehead atoms. The Morgan fingerprint density at radius 3 is 2.50 bits per heavy atom. The van der Waals surface area contributed by atoms with E-state index in [1.807, 2.05) is 6.07 Å². The molecule has 0 radical (unpaired) electrons. The summed E-state index contributed by atoms with van der Waals surface area (Å²) in [4.78, 5) is 0. The molecule has 0 spiro atoms. The van der Waals surface area contributed by atoms with Crippen molar-refractivity contribution in [2.75, 3.05) is 11.9 Å². The van der Waals surface area contributed by atoms with Crippen LogP contribution < -0.4 is 10.1 Å². The molecule has 2 nitrogen and oxygen atoms in total. The maximum absolute atomic E-state index is 5.80. The molecule has 112 valence electrons. The highest BCUT2D eigenvalue weighted by Gasteiger charge is 2.11. The molecule has 0 atom stereocenters. The normalized spacial score (nSPS) is 17.6. The molecule has 1 aromatic rings. The highest BCUT2D eigenvalue weighted by molar-refractivity contribution is 5.48. The van der Waals surface area contributed by atoms with Crippen LogP contribution in [-0.2, 0) is 0 Å². The van der Waals surface area contributed by atoms with E-state index in [0.29, 0.717) is 12.0 Å². The number of ether oxygens (including phenoxy) is 1. The summed E-state index contributed by atoms with van der Waals surface area (Å²) in [6.45, 7) is 5.14. The van der Waals surface area contributed by atoms with Gasteiger partial charge in [0.1, 0.15) is 5.75 Å². The number of hydrogen-bond acceptors (Lipinski definition) is 2. The molecule has 1 aliphatic carbocycles. The lowest BCUT2D eigenvalue weighted by Crippen LogP contribution is -2.20. The SMILES string of the molecule is CC(C)COc1cccc(NC2CCCCCCC2)c1. The van der Waals surface area contributed by atoms with E-state index in [1.54, 1.807) is 0 Å². The van der Waals surface area contributed by atoms with Gasteiger partial charge >= 0.3 is 0 Å². The van der Waals surface area contributed by atoms with Gasteiger partial charge in [0.05, 0.1) is 6.61 Å². The molecule has 20 heavy (non-hydrogen) atoms. The minimum Gasteiger partial charge on any atom is -0.493 e. The van der Waals surface area contributed by atoms with Crippen LogP contribution >= 0.6 is 0 Å². The van der Waals surface area contributed by atoms with Crippen LogP contribution in [0.2, 0.25) is 0 Å². The fourth-order valence-corrected chi connectivity index (χ4v) is 2.77. The van der Waals surface area contributed by atoms with Gasteiger partial charge in [-0.15, -0.1) is 0 Å². The van der Waals surface area contributed by atoms with Gasteiger partial charge in [-0.25, -0.2) is 0 Å². The van der Waals surface area contributed by atoms with Crippen LogP contribution in [0.3, 0.4) is 0 Å². The van der Waals surface area contributed by atoms with Gasteiger partial charge < -0.3 is 10.1 Å². The molecule has 1 aromatic carbocycles. The molecule has 0 saturated heterocycles. The van der Waals surface area contributed by atoms with Crippen LogP contribution in [0.5, 0.6) is 5.75 Å². The molecule has 1 saturated carbocycles. The standard InChI is InChI=1S/C18H29NO/c1-15(2)14-20-18-12-8-11-17(13-18)19-16-9-6-4-3-5-7-10-16/h8,11-13,15-16,19H,3-7,9-10,14H2,1-2H3. The first-order chi connectivity index (χ1) is 9.74. The van der Waals surface area contributed by atoms with E-state index in [-0.39, 0.29) is 0 Å². The van der Waals surface area contributed by atoms with Gasteiger partial charge in [-0.3, -0.25) is 0 Å². The molecular weight excluding hydrogens is 246 g/mol. The summed E-state index contributed by atoms with van der Waals surface area (Å²) in [6.07, 6.45) is 9.55. The van der Waals surface area contributed by atoms with Gasteiger partial charge in [0.15, 0.2) is 0 Å². The van der Waals surface area contributed by atoms with E-state index < -0.39 is 0 Å². The highest BCUT2D eigenvalue weighted by Crippen LogP contribution is 2.23. The molecule has 2 rings (SSSR count). The van der Waals surface area contributed by atoms with Crippen LogP contribution in [0.25, 0.3) is 0 Å². The van der Waals surface area contributed by atoms with Crippen molar-refractivity contribution in [3.05, 3.63) is 24.3 Å². The van der Waals surface area contributed by atoms with Crippen molar-refractivity contribution in [1.29, 1.82) is 0 Å². The van der Waals surface area contributed by atoms with Crippen molar-refractivity contribution in [3.8, 4) is 5.75 Å². The average Bonchev–Trinajstić information content (AvgIpc) is 2.40. The topological polar surface area (TPSA) is 21.3 Å². The Morgan fingerprint density at radius 1 is 1.10 bits per heavy atom. The lowest BCUT2D eigenvalue weighted by Gasteiger charge is -2.22. The number of hydrogen-bond donors (Lipinski definition) is 1. The molecule has 1 aliphatic rings. The molecular formula is C18H29NO. The molecule has 0 heterocycles. The Hall–Kier alpha value is -1.18. The Kier molecular flexibility index (Phi) is 6.23. The van der Waals surface area contributed by atoms with Crippen molar-refractivity contribution in [2.24, 2.45) is 5.92 Å². The zero-order valence-electron chi connectivity index (χ0n) is 13.0. The average molecular weight is 275 g/mol. The van der Waals surface area contributed by atoms with Crippen LogP contribution in [0.1, 0.15) is 58.8 Å². The number of nitrogens with one attached hydrogen (secondary N) is 1. The molecule has 0 amide bonds. The third-order valence-electron chi connectivity index (χ3n) is 3.89. The van der Waals surface area contributed by atoms with Crippen LogP contribution in [0, 0.1) is 5.92 Å². The van der Waals surface area contributed by atoms with Gasteiger partial charge in [-0.2, -0.15) is 0 Å². The van der Waals surface area contributed by atoms with Crippen molar-refractivity contribution in [3.63, 3.8) is 0 Å². The highest BCUT2D eigenvalue weighted by atomic mass is 16.5. The number of rotatable bonds is 5. The molecule has 0 unspecified atom stereocenters. The smallest absolute Gasteiger partial charge is 0.121 e. The van der Waals surface area contributed by atoms with Gasteiger partial charge in [0.2, 0.25) is 0 Å². The van der Waals surface area contributed by atoms with Gasteiger partial charge in [-0.1, -0.05) is 52.0 Å². The molecule has 2 heteroatoms. The zero-order chi connectivity index (χ0) is 14.2. The maximum atomic E-state index is 5.80. The van der Waals surface area contributed by atoms with Crippen LogP contribution in [0.4, 0.5) is 5.69 Å². The Balaban J connectivity index is 1.89. The van der Waals surface area contributed by atoms with Gasteiger partial charge in [-0.05, 0) is 30.9 Å². The summed E-state index contributed by atoms with van der Waals surface area (Å²) in [7, 11) is 0. The first-order valence-electron chi connectivity index (χ1n) is 8.23. The third-order valence-corrected chi connectivity index (χ3v) is 3.89. The van der Waals surface area contributed by atoms with Crippen molar-refractivity contribution >= 4 is 5.69 Å². The first-order valence-corrected chi connectivity index (χ1v) is 8.23. The summed E-state index contributed by atoms with van der Waals surface area (Å²) in [5.74, 6) is 1.55. The number of anilines is 1. The number of benzene rings is 1. The van der Waals surface area contributed by atoms with E-state index >= 15 is 0 Å². The second kappa shape index (κ2) is 8.18. The maximum Gasteiger partial charge on any atom is 0.121 e. The lowest BCUT2D eigenvalue weighted by atomic mass is 9.96. The van der Waals surface area contributed by atoms with Crippen molar-refractivity contribution < 1.29 is 4.74 Å². The summed E-state index contributed by atoms with van der Waals surface area (Å²) in [5.41, 5.74) is 1.21. The minimum atomic E-state index is 0.567. The monoisotopic (exact) mass is 275 g/mol. The second-order valence-electron chi connectivity index (χ2n) is 6.42. The lowest BCUT2D eigenvalue weighted by molar-refractivity contribution is 0.271. The Labute approximate surface area is 123 Å². The summed E-state index contributed by atoms with van der Waals surface area (Å²) in [6, 6.07) is 9.06. The van der Waals surface area contributed by atoms with Crippen LogP contribution in [-0.4, -0.2) is 12.6 Å². The van der Waals surface area contributed by atoms with E-state index in [4.69, 9.17) is 4.74 Å². The largest absolute Gasteiger partial charge is 0.493 e. The predicted molar refractivity (Wildman–Crippen MR) is 86.5 cm³/mol.